The maximum absolute atomic E-state index is 13.1. The van der Waals surface area contributed by atoms with Crippen LogP contribution in [0.2, 0.25) is 5.02 Å². The Labute approximate surface area is 166 Å². The highest BCUT2D eigenvalue weighted by Gasteiger charge is 2.40. The number of Topliss-reactive ketones (excluding diaryl/α,β-unsaturated/α-hetero) is 1. The van der Waals surface area contributed by atoms with Crippen LogP contribution in [0.15, 0.2) is 59.8 Å². The minimum absolute atomic E-state index is 0.0206. The van der Waals surface area contributed by atoms with Gasteiger partial charge >= 0.3 is 0 Å². The first-order valence-electron chi connectivity index (χ1n) is 9.05. The first kappa shape index (κ1) is 18.4. The molecule has 1 heterocycles. The second-order valence-electron chi connectivity index (χ2n) is 6.92. The zero-order valence-electron chi connectivity index (χ0n) is 14.9. The molecular formula is C21H17ClN2O4. The molecule has 0 aromatic heterocycles. The van der Waals surface area contributed by atoms with E-state index in [2.05, 4.69) is 0 Å². The average molecular weight is 397 g/mol. The topological polar surface area (TPSA) is 80.5 Å². The summed E-state index contributed by atoms with van der Waals surface area (Å²) in [5.41, 5.74) is 2.62. The van der Waals surface area contributed by atoms with Crippen molar-refractivity contribution >= 4 is 34.7 Å². The minimum atomic E-state index is -0.467. The molecule has 1 unspecified atom stereocenters. The third kappa shape index (κ3) is 3.10. The molecule has 0 N–H and O–H groups in total. The number of allylic oxidation sites excluding steroid dienone is 2. The number of para-hydroxylation sites is 1. The number of amides is 1. The van der Waals surface area contributed by atoms with Crippen molar-refractivity contribution in [2.75, 3.05) is 4.90 Å². The van der Waals surface area contributed by atoms with Crippen LogP contribution in [0.5, 0.6) is 0 Å². The van der Waals surface area contributed by atoms with Gasteiger partial charge in [-0.15, -0.1) is 0 Å². The van der Waals surface area contributed by atoms with Gasteiger partial charge in [0.2, 0.25) is 5.91 Å². The summed E-state index contributed by atoms with van der Waals surface area (Å²) in [6, 6.07) is 13.2. The number of anilines is 1. The molecule has 0 fully saturated rings. The van der Waals surface area contributed by atoms with Gasteiger partial charge < -0.3 is 0 Å². The van der Waals surface area contributed by atoms with Gasteiger partial charge in [0.1, 0.15) is 0 Å². The number of ketones is 1. The molecule has 2 aromatic carbocycles. The van der Waals surface area contributed by atoms with E-state index in [9.17, 15) is 19.7 Å². The molecule has 6 nitrogen and oxygen atoms in total. The number of carbonyl (C=O) groups is 2. The van der Waals surface area contributed by atoms with Crippen molar-refractivity contribution in [3.8, 4) is 0 Å². The van der Waals surface area contributed by atoms with E-state index in [0.29, 0.717) is 41.2 Å². The van der Waals surface area contributed by atoms with Crippen molar-refractivity contribution in [3.63, 3.8) is 0 Å². The molecule has 0 bridgehead atoms. The Kier molecular flexibility index (Phi) is 4.73. The smallest absolute Gasteiger partial charge is 0.269 e. The van der Waals surface area contributed by atoms with Gasteiger partial charge in [-0.3, -0.25) is 24.6 Å². The third-order valence-corrected chi connectivity index (χ3v) is 5.59. The van der Waals surface area contributed by atoms with Crippen molar-refractivity contribution in [1.29, 1.82) is 0 Å². The quantitative estimate of drug-likeness (QED) is 0.552. The number of nitro benzene ring substituents is 1. The molecule has 2 aromatic rings. The number of benzene rings is 2. The molecule has 0 saturated carbocycles. The van der Waals surface area contributed by atoms with Crippen molar-refractivity contribution in [2.24, 2.45) is 0 Å². The standard InChI is InChI=1S/C21H17ClN2O4/c22-16-4-1-2-5-17(16)23-18-6-3-7-19(25)21(18)15(12-20(23)26)13-8-10-14(11-9-13)24(27)28/h1-2,4-5,8-11,15H,3,6-7,12H2. The van der Waals surface area contributed by atoms with Gasteiger partial charge in [0.25, 0.3) is 5.69 Å². The predicted octanol–water partition coefficient (Wildman–Crippen LogP) is 4.78. The summed E-state index contributed by atoms with van der Waals surface area (Å²) in [5, 5.41) is 11.4. The molecule has 1 aliphatic carbocycles. The van der Waals surface area contributed by atoms with Crippen molar-refractivity contribution in [3.05, 3.63) is 80.5 Å². The second-order valence-corrected chi connectivity index (χ2v) is 7.33. The zero-order valence-corrected chi connectivity index (χ0v) is 15.7. The van der Waals surface area contributed by atoms with E-state index in [1.54, 1.807) is 35.2 Å². The van der Waals surface area contributed by atoms with Crippen molar-refractivity contribution in [2.45, 2.75) is 31.6 Å². The summed E-state index contributed by atoms with van der Waals surface area (Å²) < 4.78 is 0. The van der Waals surface area contributed by atoms with Gasteiger partial charge in [-0.25, -0.2) is 0 Å². The molecule has 0 saturated heterocycles. The largest absolute Gasteiger partial charge is 0.294 e. The van der Waals surface area contributed by atoms with Gasteiger partial charge in [-0.05, 0) is 30.5 Å². The van der Waals surface area contributed by atoms with Gasteiger partial charge in [-0.2, -0.15) is 0 Å². The summed E-state index contributed by atoms with van der Waals surface area (Å²) in [4.78, 5) is 37.9. The molecule has 0 spiro atoms. The molecule has 4 rings (SSSR count). The Hall–Kier alpha value is -2.99. The number of nitro groups is 1. The maximum atomic E-state index is 13.1. The summed E-state index contributed by atoms with van der Waals surface area (Å²) in [6.07, 6.45) is 1.85. The highest BCUT2D eigenvalue weighted by atomic mass is 35.5. The SMILES string of the molecule is O=C1CCCC2=C1C(c1ccc([N+](=O)[O-])cc1)CC(=O)N2c1ccccc1Cl. The number of non-ortho nitro benzene ring substituents is 1. The first-order valence-corrected chi connectivity index (χ1v) is 9.43. The highest BCUT2D eigenvalue weighted by Crippen LogP contribution is 2.44. The number of nitrogens with zero attached hydrogens (tertiary/aromatic N) is 2. The lowest BCUT2D eigenvalue weighted by molar-refractivity contribution is -0.384. The molecule has 2 aliphatic rings. The first-order chi connectivity index (χ1) is 13.5. The van der Waals surface area contributed by atoms with E-state index in [1.807, 2.05) is 6.07 Å². The van der Waals surface area contributed by atoms with E-state index in [1.165, 1.54) is 12.1 Å². The lowest BCUT2D eigenvalue weighted by atomic mass is 9.77. The van der Waals surface area contributed by atoms with Gasteiger partial charge in [0.15, 0.2) is 5.78 Å². The second kappa shape index (κ2) is 7.20. The minimum Gasteiger partial charge on any atom is -0.294 e. The van der Waals surface area contributed by atoms with Crippen LogP contribution in [-0.4, -0.2) is 16.6 Å². The Balaban J connectivity index is 1.83. The molecule has 1 atom stereocenters. The van der Waals surface area contributed by atoms with E-state index in [-0.39, 0.29) is 23.8 Å². The molecule has 142 valence electrons. The van der Waals surface area contributed by atoms with Crippen LogP contribution in [0, 0.1) is 10.1 Å². The van der Waals surface area contributed by atoms with Gasteiger partial charge in [-0.1, -0.05) is 35.9 Å². The fraction of sp³-hybridized carbons (Fsp3) is 0.238. The van der Waals surface area contributed by atoms with E-state index >= 15 is 0 Å². The predicted molar refractivity (Wildman–Crippen MR) is 105 cm³/mol. The molecule has 28 heavy (non-hydrogen) atoms. The molecule has 1 aliphatic heterocycles. The Morgan fingerprint density at radius 3 is 2.43 bits per heavy atom. The summed E-state index contributed by atoms with van der Waals surface area (Å²) in [5.74, 6) is -0.506. The fourth-order valence-electron chi connectivity index (χ4n) is 4.02. The van der Waals surface area contributed by atoms with Crippen LogP contribution in [0.1, 0.15) is 37.2 Å². The van der Waals surface area contributed by atoms with E-state index in [0.717, 1.165) is 5.56 Å². The molecule has 7 heteroatoms. The third-order valence-electron chi connectivity index (χ3n) is 5.27. The zero-order chi connectivity index (χ0) is 19.8. The number of halogens is 1. The summed E-state index contributed by atoms with van der Waals surface area (Å²) >= 11 is 6.33. The highest BCUT2D eigenvalue weighted by molar-refractivity contribution is 6.34. The summed E-state index contributed by atoms with van der Waals surface area (Å²) in [6.45, 7) is 0. The van der Waals surface area contributed by atoms with Crippen LogP contribution >= 0.6 is 11.6 Å². The molecule has 0 radical (unpaired) electrons. The molecular weight excluding hydrogens is 380 g/mol. The van der Waals surface area contributed by atoms with E-state index in [4.69, 9.17) is 11.6 Å². The summed E-state index contributed by atoms with van der Waals surface area (Å²) in [7, 11) is 0. The molecule has 1 amide bonds. The monoisotopic (exact) mass is 396 g/mol. The van der Waals surface area contributed by atoms with Crippen molar-refractivity contribution in [1.82, 2.24) is 0 Å². The van der Waals surface area contributed by atoms with Gasteiger partial charge in [0.05, 0.1) is 15.6 Å². The number of hydrogen-bond acceptors (Lipinski definition) is 4. The Bertz CT molecular complexity index is 1010. The number of hydrogen-bond donors (Lipinski definition) is 0. The fourth-order valence-corrected chi connectivity index (χ4v) is 4.24. The number of carbonyl (C=O) groups excluding carboxylic acids is 2. The van der Waals surface area contributed by atoms with Crippen LogP contribution < -0.4 is 4.90 Å². The average Bonchev–Trinajstić information content (AvgIpc) is 2.68. The Morgan fingerprint density at radius 2 is 1.75 bits per heavy atom. The van der Waals surface area contributed by atoms with Gasteiger partial charge in [0, 0.05) is 42.2 Å². The van der Waals surface area contributed by atoms with E-state index < -0.39 is 10.8 Å². The van der Waals surface area contributed by atoms with Crippen LogP contribution in [0.3, 0.4) is 0 Å². The maximum Gasteiger partial charge on any atom is 0.269 e. The number of rotatable bonds is 3. The van der Waals surface area contributed by atoms with Crippen LogP contribution in [0.25, 0.3) is 0 Å². The lowest BCUT2D eigenvalue weighted by Crippen LogP contribution is -2.40. The van der Waals surface area contributed by atoms with Crippen LogP contribution in [-0.2, 0) is 9.59 Å². The van der Waals surface area contributed by atoms with Crippen molar-refractivity contribution < 1.29 is 14.5 Å². The van der Waals surface area contributed by atoms with Crippen LogP contribution in [0.4, 0.5) is 11.4 Å². The Morgan fingerprint density at radius 1 is 1.04 bits per heavy atom. The lowest BCUT2D eigenvalue weighted by Gasteiger charge is -2.38. The normalized spacial score (nSPS) is 19.6.